The molecule has 0 saturated carbocycles. The SMILES string of the molecule is CCC1C(OCc2ccccc2)CC(Oc2ccc(OC(=O)c3ccccc3)cc2)OC1COCc1ccccc1. The second kappa shape index (κ2) is 14.6. The van der Waals surface area contributed by atoms with Gasteiger partial charge in [-0.15, -0.1) is 0 Å². The van der Waals surface area contributed by atoms with Gasteiger partial charge in [0.1, 0.15) is 11.5 Å². The maximum absolute atomic E-state index is 12.4. The van der Waals surface area contributed by atoms with Crippen molar-refractivity contribution >= 4 is 5.97 Å². The molecule has 1 aliphatic heterocycles. The summed E-state index contributed by atoms with van der Waals surface area (Å²) in [5, 5.41) is 0. The van der Waals surface area contributed by atoms with Crippen LogP contribution in [0.15, 0.2) is 115 Å². The zero-order valence-electron chi connectivity index (χ0n) is 23.3. The first-order valence-corrected chi connectivity index (χ1v) is 14.1. The monoisotopic (exact) mass is 552 g/mol. The molecule has 0 N–H and O–H groups in total. The zero-order valence-corrected chi connectivity index (χ0v) is 23.3. The van der Waals surface area contributed by atoms with Crippen molar-refractivity contribution in [3.8, 4) is 11.5 Å². The van der Waals surface area contributed by atoms with Crippen LogP contribution in [0.3, 0.4) is 0 Å². The third-order valence-electron chi connectivity index (χ3n) is 7.19. The van der Waals surface area contributed by atoms with Gasteiger partial charge in [-0.05, 0) is 53.9 Å². The number of benzene rings is 4. The van der Waals surface area contributed by atoms with E-state index in [1.54, 1.807) is 48.5 Å². The topological polar surface area (TPSA) is 63.2 Å². The van der Waals surface area contributed by atoms with Crippen molar-refractivity contribution < 1.29 is 28.5 Å². The Balaban J connectivity index is 1.23. The summed E-state index contributed by atoms with van der Waals surface area (Å²) in [5.74, 6) is 0.819. The van der Waals surface area contributed by atoms with Gasteiger partial charge in [-0.2, -0.15) is 0 Å². The Bertz CT molecular complexity index is 1330. The summed E-state index contributed by atoms with van der Waals surface area (Å²) in [4.78, 5) is 12.4. The Morgan fingerprint density at radius 1 is 0.756 bits per heavy atom. The van der Waals surface area contributed by atoms with Gasteiger partial charge < -0.3 is 23.7 Å². The predicted molar refractivity (Wildman–Crippen MR) is 157 cm³/mol. The fourth-order valence-corrected chi connectivity index (χ4v) is 5.03. The molecule has 1 heterocycles. The Kier molecular flexibility index (Phi) is 10.2. The van der Waals surface area contributed by atoms with Gasteiger partial charge in [-0.1, -0.05) is 85.8 Å². The van der Waals surface area contributed by atoms with Crippen LogP contribution in [0, 0.1) is 5.92 Å². The van der Waals surface area contributed by atoms with E-state index in [4.69, 9.17) is 23.7 Å². The van der Waals surface area contributed by atoms with Crippen molar-refractivity contribution in [2.45, 2.75) is 51.5 Å². The van der Waals surface area contributed by atoms with E-state index in [1.807, 2.05) is 42.5 Å². The minimum absolute atomic E-state index is 0.0598. The number of ether oxygens (including phenoxy) is 5. The van der Waals surface area contributed by atoms with E-state index in [0.29, 0.717) is 43.3 Å². The van der Waals surface area contributed by atoms with Crippen LogP contribution in [-0.4, -0.2) is 31.1 Å². The molecule has 1 fully saturated rings. The number of hydrogen-bond acceptors (Lipinski definition) is 6. The van der Waals surface area contributed by atoms with Gasteiger partial charge >= 0.3 is 5.97 Å². The quantitative estimate of drug-likeness (QED) is 0.137. The summed E-state index contributed by atoms with van der Waals surface area (Å²) in [5.41, 5.74) is 2.74. The van der Waals surface area contributed by atoms with Crippen molar-refractivity contribution in [3.05, 3.63) is 132 Å². The van der Waals surface area contributed by atoms with Gasteiger partial charge in [0.15, 0.2) is 0 Å². The first-order chi connectivity index (χ1) is 20.2. The van der Waals surface area contributed by atoms with Crippen LogP contribution < -0.4 is 9.47 Å². The number of rotatable bonds is 12. The lowest BCUT2D eigenvalue weighted by Crippen LogP contribution is -2.48. The number of carbonyl (C=O) groups is 1. The molecule has 0 spiro atoms. The van der Waals surface area contributed by atoms with Crippen molar-refractivity contribution in [1.82, 2.24) is 0 Å². The van der Waals surface area contributed by atoms with E-state index in [1.165, 1.54) is 0 Å². The highest BCUT2D eigenvalue weighted by Crippen LogP contribution is 2.33. The summed E-state index contributed by atoms with van der Waals surface area (Å²) in [6.45, 7) is 3.63. The number of hydrogen-bond donors (Lipinski definition) is 0. The van der Waals surface area contributed by atoms with Crippen LogP contribution in [0.1, 0.15) is 41.3 Å². The molecule has 212 valence electrons. The average molecular weight is 553 g/mol. The van der Waals surface area contributed by atoms with Gasteiger partial charge in [0.2, 0.25) is 6.29 Å². The number of esters is 1. The Morgan fingerprint density at radius 2 is 1.34 bits per heavy atom. The van der Waals surface area contributed by atoms with Crippen LogP contribution in [-0.2, 0) is 27.4 Å². The molecule has 1 saturated heterocycles. The predicted octanol–water partition coefficient (Wildman–Crippen LogP) is 7.23. The van der Waals surface area contributed by atoms with Crippen LogP contribution in [0.25, 0.3) is 0 Å². The molecule has 4 aromatic carbocycles. The summed E-state index contributed by atoms with van der Waals surface area (Å²) < 4.78 is 30.8. The molecule has 0 amide bonds. The van der Waals surface area contributed by atoms with Crippen LogP contribution in [0.2, 0.25) is 0 Å². The van der Waals surface area contributed by atoms with E-state index in [9.17, 15) is 4.79 Å². The third-order valence-corrected chi connectivity index (χ3v) is 7.19. The maximum atomic E-state index is 12.4. The van der Waals surface area contributed by atoms with Crippen LogP contribution >= 0.6 is 0 Å². The van der Waals surface area contributed by atoms with E-state index in [-0.39, 0.29) is 18.1 Å². The zero-order chi connectivity index (χ0) is 28.3. The summed E-state index contributed by atoms with van der Waals surface area (Å²) >= 11 is 0. The molecule has 0 aliphatic carbocycles. The van der Waals surface area contributed by atoms with E-state index in [0.717, 1.165) is 17.5 Å². The van der Waals surface area contributed by atoms with Gasteiger partial charge in [0.05, 0.1) is 37.6 Å². The third kappa shape index (κ3) is 8.27. The molecular formula is C35H36O6. The van der Waals surface area contributed by atoms with Crippen molar-refractivity contribution in [2.24, 2.45) is 5.92 Å². The fraction of sp³-hybridized carbons (Fsp3) is 0.286. The van der Waals surface area contributed by atoms with Gasteiger partial charge in [0.25, 0.3) is 0 Å². The van der Waals surface area contributed by atoms with Crippen molar-refractivity contribution in [2.75, 3.05) is 6.61 Å². The largest absolute Gasteiger partial charge is 0.465 e. The second-order valence-corrected chi connectivity index (χ2v) is 10.1. The lowest BCUT2D eigenvalue weighted by Gasteiger charge is -2.41. The first kappa shape index (κ1) is 28.6. The molecular weight excluding hydrogens is 516 g/mol. The minimum Gasteiger partial charge on any atom is -0.465 e. The summed E-state index contributed by atoms with van der Waals surface area (Å²) in [6.07, 6.45) is 0.726. The molecule has 5 rings (SSSR count). The highest BCUT2D eigenvalue weighted by molar-refractivity contribution is 5.90. The molecule has 4 aromatic rings. The van der Waals surface area contributed by atoms with E-state index in [2.05, 4.69) is 31.2 Å². The average Bonchev–Trinajstić information content (AvgIpc) is 3.02. The highest BCUT2D eigenvalue weighted by Gasteiger charge is 2.39. The molecule has 1 aliphatic rings. The molecule has 4 atom stereocenters. The highest BCUT2D eigenvalue weighted by atomic mass is 16.7. The minimum atomic E-state index is -0.512. The van der Waals surface area contributed by atoms with E-state index >= 15 is 0 Å². The van der Waals surface area contributed by atoms with Crippen molar-refractivity contribution in [1.29, 1.82) is 0 Å². The Labute approximate surface area is 241 Å². The lowest BCUT2D eigenvalue weighted by molar-refractivity contribution is -0.227. The molecule has 4 unspecified atom stereocenters. The molecule has 0 radical (unpaired) electrons. The Morgan fingerprint density at radius 3 is 1.98 bits per heavy atom. The summed E-state index contributed by atoms with van der Waals surface area (Å²) in [6, 6.07) is 36.2. The van der Waals surface area contributed by atoms with Gasteiger partial charge in [-0.3, -0.25) is 0 Å². The second-order valence-electron chi connectivity index (χ2n) is 10.1. The molecule has 6 nitrogen and oxygen atoms in total. The van der Waals surface area contributed by atoms with E-state index < -0.39 is 12.3 Å². The molecule has 6 heteroatoms. The van der Waals surface area contributed by atoms with Crippen LogP contribution in [0.5, 0.6) is 11.5 Å². The summed E-state index contributed by atoms with van der Waals surface area (Å²) in [7, 11) is 0. The first-order valence-electron chi connectivity index (χ1n) is 14.1. The fourth-order valence-electron chi connectivity index (χ4n) is 5.03. The Hall–Kier alpha value is -3.97. The lowest BCUT2D eigenvalue weighted by atomic mass is 9.88. The van der Waals surface area contributed by atoms with Crippen molar-refractivity contribution in [3.63, 3.8) is 0 Å². The van der Waals surface area contributed by atoms with Crippen LogP contribution in [0.4, 0.5) is 0 Å². The van der Waals surface area contributed by atoms with Gasteiger partial charge in [-0.25, -0.2) is 4.79 Å². The smallest absolute Gasteiger partial charge is 0.343 e. The molecule has 0 aromatic heterocycles. The maximum Gasteiger partial charge on any atom is 0.343 e. The number of carbonyl (C=O) groups excluding carboxylic acids is 1. The van der Waals surface area contributed by atoms with Gasteiger partial charge in [0, 0.05) is 12.3 Å². The molecule has 41 heavy (non-hydrogen) atoms. The standard InChI is InChI=1S/C35H36O6/c1-2-31-32(38-24-27-14-8-4-9-15-27)22-34(41-33(31)25-37-23-26-12-6-3-7-13-26)39-29-18-20-30(21-19-29)40-35(36)28-16-10-5-11-17-28/h3-21,31-34H,2,22-25H2,1H3. The normalized spacial score (nSPS) is 20.3. The molecule has 0 bridgehead atoms.